The zero-order chi connectivity index (χ0) is 29.7. The van der Waals surface area contributed by atoms with Crippen LogP contribution in [0, 0.1) is 0 Å². The Bertz CT molecular complexity index is 1680. The summed E-state index contributed by atoms with van der Waals surface area (Å²) in [6.07, 6.45) is 0.613. The first-order valence-electron chi connectivity index (χ1n) is 15.0. The Kier molecular flexibility index (Phi) is 8.67. The van der Waals surface area contributed by atoms with Gasteiger partial charge >= 0.3 is 0 Å². The fourth-order valence-electron chi connectivity index (χ4n) is 6.10. The van der Waals surface area contributed by atoms with Gasteiger partial charge in [-0.1, -0.05) is 166 Å². The standard InChI is InChI=1S/C39H38NOPSi/c1-39(2,3)43(34-23-12-6-13-24-34,35-25-14-7-15-26-35)41-38(37-29-28-31-18-16-17-27-36(31)40-37)30-42(32-19-8-4-9-20-32)33-21-10-5-11-22-33/h4-29,38H,30H2,1-3H3/t38-/m0/s1. The molecule has 1 aromatic heterocycles. The van der Waals surface area contributed by atoms with E-state index in [1.54, 1.807) is 0 Å². The summed E-state index contributed by atoms with van der Waals surface area (Å²) in [6, 6.07) is 56.5. The average molecular weight is 596 g/mol. The largest absolute Gasteiger partial charge is 0.399 e. The van der Waals surface area contributed by atoms with Gasteiger partial charge in [0.2, 0.25) is 0 Å². The van der Waals surface area contributed by atoms with Gasteiger partial charge in [0.1, 0.15) is 0 Å². The summed E-state index contributed by atoms with van der Waals surface area (Å²) in [6.45, 7) is 7.05. The fraction of sp³-hybridized carbons (Fsp3) is 0.154. The first kappa shape index (κ1) is 29.2. The molecule has 6 aromatic rings. The zero-order valence-electron chi connectivity index (χ0n) is 25.1. The average Bonchev–Trinajstić information content (AvgIpc) is 3.06. The van der Waals surface area contributed by atoms with E-state index in [2.05, 4.69) is 178 Å². The van der Waals surface area contributed by atoms with Crippen molar-refractivity contribution in [2.24, 2.45) is 0 Å². The third-order valence-corrected chi connectivity index (χ3v) is 15.8. The third kappa shape index (κ3) is 6.12. The Morgan fingerprint density at radius 3 is 1.56 bits per heavy atom. The van der Waals surface area contributed by atoms with E-state index in [1.807, 2.05) is 0 Å². The lowest BCUT2D eigenvalue weighted by atomic mass is 10.1. The van der Waals surface area contributed by atoms with Crippen molar-refractivity contribution >= 4 is 48.1 Å². The molecule has 0 spiro atoms. The van der Waals surface area contributed by atoms with Gasteiger partial charge in [0.05, 0.1) is 17.3 Å². The molecule has 43 heavy (non-hydrogen) atoms. The Labute approximate surface area is 258 Å². The Hall–Kier alpha value is -3.88. The number of rotatable bonds is 9. The first-order valence-corrected chi connectivity index (χ1v) is 18.4. The van der Waals surface area contributed by atoms with Crippen molar-refractivity contribution in [3.63, 3.8) is 0 Å². The Balaban J connectivity index is 1.56. The van der Waals surface area contributed by atoms with Crippen molar-refractivity contribution < 1.29 is 4.43 Å². The van der Waals surface area contributed by atoms with Gasteiger partial charge in [0.15, 0.2) is 0 Å². The molecule has 0 bridgehead atoms. The SMILES string of the molecule is CC(C)(C)[Si](O[C@@H](CP(c1ccccc1)c1ccccc1)c1ccc2ccccc2n1)(c1ccccc1)c1ccccc1. The van der Waals surface area contributed by atoms with E-state index in [0.717, 1.165) is 22.8 Å². The monoisotopic (exact) mass is 595 g/mol. The van der Waals surface area contributed by atoms with E-state index >= 15 is 0 Å². The molecule has 0 radical (unpaired) electrons. The zero-order valence-corrected chi connectivity index (χ0v) is 27.0. The van der Waals surface area contributed by atoms with E-state index in [0.29, 0.717) is 0 Å². The number of benzene rings is 5. The van der Waals surface area contributed by atoms with E-state index in [-0.39, 0.29) is 11.1 Å². The van der Waals surface area contributed by atoms with Crippen molar-refractivity contribution in [3.05, 3.63) is 163 Å². The maximum atomic E-state index is 7.88. The van der Waals surface area contributed by atoms with Gasteiger partial charge in [0.25, 0.3) is 8.32 Å². The highest BCUT2D eigenvalue weighted by Gasteiger charge is 2.52. The van der Waals surface area contributed by atoms with Crippen LogP contribution in [0.3, 0.4) is 0 Å². The lowest BCUT2D eigenvalue weighted by Gasteiger charge is -2.45. The lowest BCUT2D eigenvalue weighted by molar-refractivity contribution is 0.210. The minimum Gasteiger partial charge on any atom is -0.399 e. The predicted octanol–water partition coefficient (Wildman–Crippen LogP) is 7.99. The van der Waals surface area contributed by atoms with E-state index < -0.39 is 16.2 Å². The Morgan fingerprint density at radius 1 is 0.581 bits per heavy atom. The molecule has 4 heteroatoms. The second-order valence-corrected chi connectivity index (χ2v) is 18.5. The summed E-state index contributed by atoms with van der Waals surface area (Å²) >= 11 is 0. The molecule has 0 fully saturated rings. The van der Waals surface area contributed by atoms with Crippen LogP contribution in [-0.2, 0) is 4.43 Å². The minimum absolute atomic E-state index is 0.146. The molecule has 0 aliphatic heterocycles. The van der Waals surface area contributed by atoms with Crippen molar-refractivity contribution in [1.29, 1.82) is 0 Å². The number of para-hydroxylation sites is 1. The van der Waals surface area contributed by atoms with Crippen molar-refractivity contribution in [2.75, 3.05) is 6.16 Å². The molecular weight excluding hydrogens is 557 g/mol. The number of fused-ring (bicyclic) bond motifs is 1. The summed E-state index contributed by atoms with van der Waals surface area (Å²) in [5.41, 5.74) is 1.99. The highest BCUT2D eigenvalue weighted by molar-refractivity contribution is 7.73. The molecule has 0 unspecified atom stereocenters. The number of nitrogens with zero attached hydrogens (tertiary/aromatic N) is 1. The highest BCUT2D eigenvalue weighted by atomic mass is 31.1. The van der Waals surface area contributed by atoms with Crippen LogP contribution >= 0.6 is 7.92 Å². The van der Waals surface area contributed by atoms with Crippen LogP contribution in [0.5, 0.6) is 0 Å². The van der Waals surface area contributed by atoms with Crippen molar-refractivity contribution in [2.45, 2.75) is 31.9 Å². The molecule has 0 saturated carbocycles. The van der Waals surface area contributed by atoms with Crippen LogP contribution in [-0.4, -0.2) is 19.5 Å². The van der Waals surface area contributed by atoms with Crippen molar-refractivity contribution in [3.8, 4) is 0 Å². The molecule has 6 rings (SSSR count). The molecule has 1 atom stereocenters. The molecular formula is C39H38NOPSi. The number of hydrogen-bond acceptors (Lipinski definition) is 2. The minimum atomic E-state index is -2.86. The molecule has 0 amide bonds. The molecule has 214 valence electrons. The van der Waals surface area contributed by atoms with Gasteiger partial charge in [-0.2, -0.15) is 0 Å². The molecule has 0 saturated heterocycles. The van der Waals surface area contributed by atoms with Crippen LogP contribution in [0.15, 0.2) is 158 Å². The van der Waals surface area contributed by atoms with E-state index in [9.17, 15) is 0 Å². The molecule has 0 N–H and O–H groups in total. The van der Waals surface area contributed by atoms with Gasteiger partial charge in [-0.15, -0.1) is 0 Å². The van der Waals surface area contributed by atoms with E-state index in [4.69, 9.17) is 9.41 Å². The smallest absolute Gasteiger partial charge is 0.261 e. The van der Waals surface area contributed by atoms with Gasteiger partial charge in [-0.3, -0.25) is 4.98 Å². The summed E-state index contributed by atoms with van der Waals surface area (Å²) in [7, 11) is -3.59. The lowest BCUT2D eigenvalue weighted by Crippen LogP contribution is -2.67. The van der Waals surface area contributed by atoms with Crippen LogP contribution in [0.2, 0.25) is 5.04 Å². The quantitative estimate of drug-likeness (QED) is 0.125. The predicted molar refractivity (Wildman–Crippen MR) is 187 cm³/mol. The molecule has 1 heterocycles. The maximum Gasteiger partial charge on any atom is 0.261 e. The van der Waals surface area contributed by atoms with Crippen LogP contribution in [0.25, 0.3) is 10.9 Å². The number of hydrogen-bond donors (Lipinski definition) is 0. The van der Waals surface area contributed by atoms with E-state index in [1.165, 1.54) is 21.0 Å². The summed E-state index contributed by atoms with van der Waals surface area (Å²) in [5.74, 6) is 0. The van der Waals surface area contributed by atoms with Gasteiger partial charge in [-0.05, 0) is 46.1 Å². The molecule has 5 aromatic carbocycles. The second kappa shape index (κ2) is 12.8. The normalized spacial score (nSPS) is 12.8. The van der Waals surface area contributed by atoms with Crippen LogP contribution in [0.4, 0.5) is 0 Å². The first-order chi connectivity index (χ1) is 21.0. The summed E-state index contributed by atoms with van der Waals surface area (Å²) in [5, 5.41) is 6.25. The Morgan fingerprint density at radius 2 is 1.05 bits per heavy atom. The number of aromatic nitrogens is 1. The number of pyridine rings is 1. The van der Waals surface area contributed by atoms with Gasteiger partial charge in [0, 0.05) is 11.5 Å². The molecule has 0 aliphatic carbocycles. The maximum absolute atomic E-state index is 7.88. The van der Waals surface area contributed by atoms with Crippen molar-refractivity contribution in [1.82, 2.24) is 4.98 Å². The fourth-order valence-corrected chi connectivity index (χ4v) is 13.3. The summed E-state index contributed by atoms with van der Waals surface area (Å²) in [4.78, 5) is 5.28. The molecule has 2 nitrogen and oxygen atoms in total. The third-order valence-electron chi connectivity index (χ3n) is 8.17. The van der Waals surface area contributed by atoms with Gasteiger partial charge < -0.3 is 4.43 Å². The second-order valence-electron chi connectivity index (χ2n) is 12.0. The molecule has 0 aliphatic rings. The van der Waals surface area contributed by atoms with Gasteiger partial charge in [-0.25, -0.2) is 0 Å². The van der Waals surface area contributed by atoms with Crippen LogP contribution in [0.1, 0.15) is 32.6 Å². The highest BCUT2D eigenvalue weighted by Crippen LogP contribution is 2.44. The summed E-state index contributed by atoms with van der Waals surface area (Å²) < 4.78 is 7.88. The topological polar surface area (TPSA) is 22.1 Å². The van der Waals surface area contributed by atoms with Crippen LogP contribution < -0.4 is 21.0 Å².